The summed E-state index contributed by atoms with van der Waals surface area (Å²) in [6, 6.07) is 11.0. The standard InChI is InChI=1S/C19H23NO5/c1-22-15-8-6-5-7-13(15)10-19(21)20-12-14-9-17(24-3)18(25-4)11-16(14)23-2/h5-9,11H,10,12H2,1-4H3,(H,20,21). The highest BCUT2D eigenvalue weighted by Gasteiger charge is 2.13. The molecule has 0 fully saturated rings. The number of ether oxygens (including phenoxy) is 4. The first kappa shape index (κ1) is 18.4. The van der Waals surface area contributed by atoms with Crippen molar-refractivity contribution >= 4 is 5.91 Å². The van der Waals surface area contributed by atoms with Gasteiger partial charge in [-0.2, -0.15) is 0 Å². The Hall–Kier alpha value is -2.89. The smallest absolute Gasteiger partial charge is 0.224 e. The number of hydrogen-bond donors (Lipinski definition) is 1. The van der Waals surface area contributed by atoms with Gasteiger partial charge in [-0.15, -0.1) is 0 Å². The summed E-state index contributed by atoms with van der Waals surface area (Å²) in [7, 11) is 6.28. The van der Waals surface area contributed by atoms with Crippen LogP contribution in [0.1, 0.15) is 11.1 Å². The highest BCUT2D eigenvalue weighted by atomic mass is 16.5. The van der Waals surface area contributed by atoms with Gasteiger partial charge in [0.1, 0.15) is 11.5 Å². The first-order chi connectivity index (χ1) is 12.1. The molecule has 6 heteroatoms. The summed E-state index contributed by atoms with van der Waals surface area (Å²) in [6.45, 7) is 0.317. The molecule has 0 aliphatic carbocycles. The summed E-state index contributed by atoms with van der Waals surface area (Å²) >= 11 is 0. The number of para-hydroxylation sites is 1. The van der Waals surface area contributed by atoms with Crippen LogP contribution in [0.3, 0.4) is 0 Å². The third kappa shape index (κ3) is 4.56. The summed E-state index contributed by atoms with van der Waals surface area (Å²) in [6.07, 6.45) is 0.236. The predicted octanol–water partition coefficient (Wildman–Crippen LogP) is 2.58. The number of carbonyl (C=O) groups excluding carboxylic acids is 1. The Morgan fingerprint density at radius 3 is 2.04 bits per heavy atom. The van der Waals surface area contributed by atoms with E-state index < -0.39 is 0 Å². The van der Waals surface area contributed by atoms with E-state index >= 15 is 0 Å². The second-order valence-electron chi connectivity index (χ2n) is 5.28. The van der Waals surface area contributed by atoms with Crippen LogP contribution in [0.25, 0.3) is 0 Å². The molecule has 0 aliphatic rings. The van der Waals surface area contributed by atoms with Crippen LogP contribution < -0.4 is 24.3 Å². The van der Waals surface area contributed by atoms with Crippen LogP contribution in [0.4, 0.5) is 0 Å². The van der Waals surface area contributed by atoms with Gasteiger partial charge in [-0.25, -0.2) is 0 Å². The second kappa shape index (κ2) is 8.82. The monoisotopic (exact) mass is 345 g/mol. The van der Waals surface area contributed by atoms with Gasteiger partial charge in [0.15, 0.2) is 11.5 Å². The first-order valence-corrected chi connectivity index (χ1v) is 7.80. The molecule has 0 saturated carbocycles. The number of nitrogens with one attached hydrogen (secondary N) is 1. The Morgan fingerprint density at radius 2 is 1.40 bits per heavy atom. The van der Waals surface area contributed by atoms with E-state index in [1.54, 1.807) is 40.6 Å². The average Bonchev–Trinajstić information content (AvgIpc) is 2.65. The van der Waals surface area contributed by atoms with Crippen LogP contribution in [-0.2, 0) is 17.8 Å². The third-order valence-electron chi connectivity index (χ3n) is 3.81. The van der Waals surface area contributed by atoms with Crippen molar-refractivity contribution in [2.45, 2.75) is 13.0 Å². The van der Waals surface area contributed by atoms with Gasteiger partial charge in [-0.3, -0.25) is 4.79 Å². The van der Waals surface area contributed by atoms with Crippen molar-refractivity contribution < 1.29 is 23.7 Å². The van der Waals surface area contributed by atoms with Gasteiger partial charge in [0.2, 0.25) is 5.91 Å². The van der Waals surface area contributed by atoms with Crippen molar-refractivity contribution in [3.8, 4) is 23.0 Å². The molecule has 0 aromatic heterocycles. The van der Waals surface area contributed by atoms with Gasteiger partial charge in [-0.05, 0) is 12.1 Å². The molecule has 0 heterocycles. The zero-order chi connectivity index (χ0) is 18.2. The number of rotatable bonds is 8. The number of benzene rings is 2. The van der Waals surface area contributed by atoms with E-state index in [2.05, 4.69) is 5.32 Å². The predicted molar refractivity (Wildman–Crippen MR) is 94.6 cm³/mol. The van der Waals surface area contributed by atoms with E-state index in [1.807, 2.05) is 24.3 Å². The zero-order valence-electron chi connectivity index (χ0n) is 14.9. The molecule has 6 nitrogen and oxygen atoms in total. The molecule has 0 unspecified atom stereocenters. The Labute approximate surface area is 147 Å². The van der Waals surface area contributed by atoms with E-state index in [0.717, 1.165) is 11.1 Å². The molecule has 134 valence electrons. The summed E-state index contributed by atoms with van der Waals surface area (Å²) < 4.78 is 21.2. The lowest BCUT2D eigenvalue weighted by atomic mass is 10.1. The molecular weight excluding hydrogens is 322 g/mol. The molecular formula is C19H23NO5. The largest absolute Gasteiger partial charge is 0.496 e. The summed E-state index contributed by atoms with van der Waals surface area (Å²) in [5.74, 6) is 2.36. The van der Waals surface area contributed by atoms with E-state index in [0.29, 0.717) is 29.5 Å². The fourth-order valence-electron chi connectivity index (χ4n) is 2.51. The number of amides is 1. The maximum Gasteiger partial charge on any atom is 0.224 e. The van der Waals surface area contributed by atoms with Crippen molar-refractivity contribution in [1.82, 2.24) is 5.32 Å². The normalized spacial score (nSPS) is 10.1. The second-order valence-corrected chi connectivity index (χ2v) is 5.28. The van der Waals surface area contributed by atoms with Crippen LogP contribution in [0, 0.1) is 0 Å². The maximum absolute atomic E-state index is 12.3. The highest BCUT2D eigenvalue weighted by molar-refractivity contribution is 5.79. The number of hydrogen-bond acceptors (Lipinski definition) is 5. The molecule has 1 N–H and O–H groups in total. The van der Waals surface area contributed by atoms with Crippen LogP contribution in [-0.4, -0.2) is 34.3 Å². The maximum atomic E-state index is 12.3. The van der Waals surface area contributed by atoms with Gasteiger partial charge in [0.05, 0.1) is 34.9 Å². The minimum atomic E-state index is -0.110. The Morgan fingerprint density at radius 1 is 0.800 bits per heavy atom. The van der Waals surface area contributed by atoms with Crippen LogP contribution in [0.5, 0.6) is 23.0 Å². The molecule has 0 saturated heterocycles. The van der Waals surface area contributed by atoms with Crippen molar-refractivity contribution in [2.24, 2.45) is 0 Å². The van der Waals surface area contributed by atoms with Crippen molar-refractivity contribution in [1.29, 1.82) is 0 Å². The van der Waals surface area contributed by atoms with E-state index in [9.17, 15) is 4.79 Å². The van der Waals surface area contributed by atoms with Crippen molar-refractivity contribution in [3.63, 3.8) is 0 Å². The van der Waals surface area contributed by atoms with Crippen LogP contribution in [0.15, 0.2) is 36.4 Å². The average molecular weight is 345 g/mol. The van der Waals surface area contributed by atoms with Gasteiger partial charge >= 0.3 is 0 Å². The summed E-state index contributed by atoms with van der Waals surface area (Å²) in [4.78, 5) is 12.3. The fourth-order valence-corrected chi connectivity index (χ4v) is 2.51. The molecule has 2 aromatic carbocycles. The van der Waals surface area contributed by atoms with Gasteiger partial charge in [-0.1, -0.05) is 18.2 Å². The van der Waals surface area contributed by atoms with Gasteiger partial charge < -0.3 is 24.3 Å². The zero-order valence-corrected chi connectivity index (χ0v) is 14.9. The molecule has 2 rings (SSSR count). The molecule has 1 amide bonds. The molecule has 2 aromatic rings. The lowest BCUT2D eigenvalue weighted by Gasteiger charge is -2.15. The highest BCUT2D eigenvalue weighted by Crippen LogP contribution is 2.34. The van der Waals surface area contributed by atoms with E-state index in [-0.39, 0.29) is 12.3 Å². The Balaban J connectivity index is 2.08. The number of methoxy groups -OCH3 is 4. The Bertz CT molecular complexity index is 730. The van der Waals surface area contributed by atoms with Gasteiger partial charge in [0, 0.05) is 23.7 Å². The van der Waals surface area contributed by atoms with Crippen molar-refractivity contribution in [3.05, 3.63) is 47.5 Å². The topological polar surface area (TPSA) is 66.0 Å². The molecule has 25 heavy (non-hydrogen) atoms. The van der Waals surface area contributed by atoms with Crippen LogP contribution in [0.2, 0.25) is 0 Å². The molecule has 0 spiro atoms. The van der Waals surface area contributed by atoms with E-state index in [4.69, 9.17) is 18.9 Å². The van der Waals surface area contributed by atoms with Crippen LogP contribution >= 0.6 is 0 Å². The number of carbonyl (C=O) groups is 1. The SMILES string of the molecule is COc1cc(OC)c(OC)cc1CNC(=O)Cc1ccccc1OC. The molecule has 0 atom stereocenters. The lowest BCUT2D eigenvalue weighted by Crippen LogP contribution is -2.25. The molecule has 0 radical (unpaired) electrons. The molecule has 0 bridgehead atoms. The quantitative estimate of drug-likeness (QED) is 0.797. The van der Waals surface area contributed by atoms with Crippen molar-refractivity contribution in [2.75, 3.05) is 28.4 Å². The Kier molecular flexibility index (Phi) is 6.51. The minimum Gasteiger partial charge on any atom is -0.496 e. The third-order valence-corrected chi connectivity index (χ3v) is 3.81. The first-order valence-electron chi connectivity index (χ1n) is 7.80. The molecule has 0 aliphatic heterocycles. The fraction of sp³-hybridized carbons (Fsp3) is 0.316. The summed E-state index contributed by atoms with van der Waals surface area (Å²) in [5.41, 5.74) is 1.63. The van der Waals surface area contributed by atoms with Gasteiger partial charge in [0.25, 0.3) is 0 Å². The van der Waals surface area contributed by atoms with E-state index in [1.165, 1.54) is 0 Å². The lowest BCUT2D eigenvalue weighted by molar-refractivity contribution is -0.120. The minimum absolute atomic E-state index is 0.110. The summed E-state index contributed by atoms with van der Waals surface area (Å²) in [5, 5.41) is 2.89.